The third kappa shape index (κ3) is 4.58. The minimum absolute atomic E-state index is 0.0298. The number of hydrogen-bond donors (Lipinski definition) is 2. The molecule has 0 bridgehead atoms. The number of rotatable bonds is 6. The molecule has 2 aromatic carbocycles. The summed E-state index contributed by atoms with van der Waals surface area (Å²) in [5.74, 6) is -0.405. The molecule has 1 saturated heterocycles. The monoisotopic (exact) mass is 471 g/mol. The molecule has 3 aromatic rings. The van der Waals surface area contributed by atoms with Gasteiger partial charge < -0.3 is 25.8 Å². The molecule has 10 heteroatoms. The number of benzene rings is 2. The predicted octanol–water partition coefficient (Wildman–Crippen LogP) is 3.30. The molecule has 0 radical (unpaired) electrons. The van der Waals surface area contributed by atoms with Crippen molar-refractivity contribution in [3.8, 4) is 11.5 Å². The van der Waals surface area contributed by atoms with Gasteiger partial charge in [-0.25, -0.2) is 18.7 Å². The van der Waals surface area contributed by atoms with Gasteiger partial charge in [0.25, 0.3) is 0 Å². The highest BCUT2D eigenvalue weighted by Crippen LogP contribution is 2.38. The fourth-order valence-corrected chi connectivity index (χ4v) is 4.31. The summed E-state index contributed by atoms with van der Waals surface area (Å²) in [6, 6.07) is 6.92. The Balaban J connectivity index is 1.45. The number of likely N-dealkylation sites (tertiary alicyclic amines) is 1. The molecular weight excluding hydrogens is 444 g/mol. The lowest BCUT2D eigenvalue weighted by molar-refractivity contribution is -0.132. The summed E-state index contributed by atoms with van der Waals surface area (Å²) in [6.07, 6.45) is 1.41. The van der Waals surface area contributed by atoms with E-state index < -0.39 is 11.9 Å². The molecule has 1 aromatic heterocycles. The smallest absolute Gasteiger partial charge is 0.224 e. The molecule has 34 heavy (non-hydrogen) atoms. The standard InChI is InChI=1S/C24H27F2N5O3/c1-33-18-12-17-20(21(26)22(18)34-2)23(28)30-24(29-17)14-7-9-31(10-8-14)19(32)11-16(27)13-3-5-15(25)6-4-13/h3-6,12,14,16H,7-11,27H2,1-2H3,(H2,28,29,30)/t16-/m1/s1. The van der Waals surface area contributed by atoms with Crippen molar-refractivity contribution in [2.24, 2.45) is 5.73 Å². The Hall–Kier alpha value is -3.53. The fraction of sp³-hybridized carbons (Fsp3) is 0.375. The maximum absolute atomic E-state index is 14.9. The number of carbonyl (C=O) groups is 1. The van der Waals surface area contributed by atoms with E-state index in [1.165, 1.54) is 26.4 Å². The lowest BCUT2D eigenvalue weighted by Gasteiger charge is -2.32. The molecule has 0 aliphatic carbocycles. The quantitative estimate of drug-likeness (QED) is 0.567. The van der Waals surface area contributed by atoms with Gasteiger partial charge in [-0.2, -0.15) is 0 Å². The second-order valence-corrected chi connectivity index (χ2v) is 8.30. The molecule has 1 atom stereocenters. The highest BCUT2D eigenvalue weighted by molar-refractivity contribution is 5.91. The molecular formula is C24H27F2N5O3. The number of anilines is 1. The van der Waals surface area contributed by atoms with Gasteiger partial charge in [-0.15, -0.1) is 0 Å². The topological polar surface area (TPSA) is 117 Å². The number of carbonyl (C=O) groups excluding carboxylic acids is 1. The van der Waals surface area contributed by atoms with Crippen molar-refractivity contribution >= 4 is 22.6 Å². The van der Waals surface area contributed by atoms with Gasteiger partial charge in [0.05, 0.1) is 25.1 Å². The van der Waals surface area contributed by atoms with Crippen LogP contribution in [0.3, 0.4) is 0 Å². The van der Waals surface area contributed by atoms with Crippen molar-refractivity contribution in [3.05, 3.63) is 53.4 Å². The molecule has 1 aliphatic rings. The highest BCUT2D eigenvalue weighted by atomic mass is 19.1. The first-order chi connectivity index (χ1) is 16.3. The zero-order valence-electron chi connectivity index (χ0n) is 19.1. The minimum atomic E-state index is -0.668. The number of halogens is 2. The van der Waals surface area contributed by atoms with Crippen LogP contribution in [0.2, 0.25) is 0 Å². The van der Waals surface area contributed by atoms with Crippen LogP contribution in [0.25, 0.3) is 10.9 Å². The Morgan fingerprint density at radius 1 is 1.15 bits per heavy atom. The van der Waals surface area contributed by atoms with E-state index in [9.17, 15) is 13.6 Å². The number of fused-ring (bicyclic) bond motifs is 1. The Kier molecular flexibility index (Phi) is 6.78. The van der Waals surface area contributed by atoms with Gasteiger partial charge in [0, 0.05) is 37.5 Å². The van der Waals surface area contributed by atoms with Crippen LogP contribution >= 0.6 is 0 Å². The lowest BCUT2D eigenvalue weighted by Crippen LogP contribution is -2.39. The van der Waals surface area contributed by atoms with Crippen LogP contribution in [0.15, 0.2) is 30.3 Å². The average molecular weight is 472 g/mol. The van der Waals surface area contributed by atoms with Crippen LogP contribution in [0.1, 0.15) is 42.6 Å². The molecule has 0 saturated carbocycles. The molecule has 0 unspecified atom stereocenters. The molecule has 1 amide bonds. The zero-order valence-corrected chi connectivity index (χ0v) is 19.1. The number of nitrogens with zero attached hydrogens (tertiary/aromatic N) is 3. The van der Waals surface area contributed by atoms with E-state index in [2.05, 4.69) is 9.97 Å². The number of aromatic nitrogens is 2. The molecule has 8 nitrogen and oxygen atoms in total. The van der Waals surface area contributed by atoms with Gasteiger partial charge >= 0.3 is 0 Å². The number of nitrogens with two attached hydrogens (primary N) is 2. The number of ether oxygens (including phenoxy) is 2. The van der Waals surface area contributed by atoms with E-state index in [1.807, 2.05) is 0 Å². The van der Waals surface area contributed by atoms with Crippen LogP contribution in [0, 0.1) is 11.6 Å². The summed E-state index contributed by atoms with van der Waals surface area (Å²) in [4.78, 5) is 23.4. The Morgan fingerprint density at radius 3 is 2.44 bits per heavy atom. The molecule has 180 valence electrons. The molecule has 4 rings (SSSR count). The Bertz CT molecular complexity index is 1200. The minimum Gasteiger partial charge on any atom is -0.493 e. The summed E-state index contributed by atoms with van der Waals surface area (Å²) >= 11 is 0. The van der Waals surface area contributed by atoms with Gasteiger partial charge in [0.1, 0.15) is 17.5 Å². The predicted molar refractivity (Wildman–Crippen MR) is 124 cm³/mol. The van der Waals surface area contributed by atoms with Crippen LogP contribution in [0.4, 0.5) is 14.6 Å². The third-order valence-electron chi connectivity index (χ3n) is 6.22. The van der Waals surface area contributed by atoms with Gasteiger partial charge in [-0.1, -0.05) is 12.1 Å². The average Bonchev–Trinajstić information content (AvgIpc) is 2.83. The van der Waals surface area contributed by atoms with Gasteiger partial charge in [0.2, 0.25) is 5.91 Å². The SMILES string of the molecule is COc1cc2nc(C3CCN(C(=O)C[C@@H](N)c4ccc(F)cc4)CC3)nc(N)c2c(F)c1OC. The second kappa shape index (κ2) is 9.76. The van der Waals surface area contributed by atoms with E-state index in [0.717, 1.165) is 0 Å². The van der Waals surface area contributed by atoms with Crippen molar-refractivity contribution in [1.29, 1.82) is 0 Å². The van der Waals surface area contributed by atoms with Crippen molar-refractivity contribution in [1.82, 2.24) is 14.9 Å². The highest BCUT2D eigenvalue weighted by Gasteiger charge is 2.28. The normalized spacial score (nSPS) is 15.4. The summed E-state index contributed by atoms with van der Waals surface area (Å²) in [7, 11) is 2.77. The van der Waals surface area contributed by atoms with E-state index in [0.29, 0.717) is 42.8 Å². The van der Waals surface area contributed by atoms with Crippen LogP contribution < -0.4 is 20.9 Å². The van der Waals surface area contributed by atoms with E-state index in [1.54, 1.807) is 23.1 Å². The van der Waals surface area contributed by atoms with Crippen LogP contribution in [-0.4, -0.2) is 48.1 Å². The first kappa shape index (κ1) is 23.6. The van der Waals surface area contributed by atoms with Crippen molar-refractivity contribution in [3.63, 3.8) is 0 Å². The summed E-state index contributed by atoms with van der Waals surface area (Å²) < 4.78 is 38.3. The van der Waals surface area contributed by atoms with Crippen molar-refractivity contribution in [2.45, 2.75) is 31.2 Å². The fourth-order valence-electron chi connectivity index (χ4n) is 4.31. The molecule has 4 N–H and O–H groups in total. The van der Waals surface area contributed by atoms with E-state index in [4.69, 9.17) is 20.9 Å². The second-order valence-electron chi connectivity index (χ2n) is 8.30. The molecule has 0 spiro atoms. The first-order valence-corrected chi connectivity index (χ1v) is 11.0. The number of nitrogen functional groups attached to an aromatic ring is 1. The van der Waals surface area contributed by atoms with Gasteiger partial charge in [-0.3, -0.25) is 4.79 Å². The summed E-state index contributed by atoms with van der Waals surface area (Å²) in [6.45, 7) is 1.03. The molecule has 2 heterocycles. The first-order valence-electron chi connectivity index (χ1n) is 11.0. The van der Waals surface area contributed by atoms with Crippen molar-refractivity contribution < 1.29 is 23.0 Å². The van der Waals surface area contributed by atoms with Crippen molar-refractivity contribution in [2.75, 3.05) is 33.0 Å². The maximum atomic E-state index is 14.9. The lowest BCUT2D eigenvalue weighted by atomic mass is 9.95. The number of methoxy groups -OCH3 is 2. The van der Waals surface area contributed by atoms with E-state index in [-0.39, 0.29) is 46.8 Å². The zero-order chi connectivity index (χ0) is 24.4. The largest absolute Gasteiger partial charge is 0.493 e. The van der Waals surface area contributed by atoms with Crippen LogP contribution in [0.5, 0.6) is 11.5 Å². The number of piperidine rings is 1. The third-order valence-corrected chi connectivity index (χ3v) is 6.22. The summed E-state index contributed by atoms with van der Waals surface area (Å²) in [5.41, 5.74) is 13.3. The molecule has 1 fully saturated rings. The maximum Gasteiger partial charge on any atom is 0.224 e. The van der Waals surface area contributed by atoms with Gasteiger partial charge in [-0.05, 0) is 30.5 Å². The Morgan fingerprint density at radius 2 is 1.82 bits per heavy atom. The van der Waals surface area contributed by atoms with E-state index >= 15 is 0 Å². The molecule has 1 aliphatic heterocycles. The number of hydrogen-bond acceptors (Lipinski definition) is 7. The Labute approximate surface area is 195 Å². The van der Waals surface area contributed by atoms with Gasteiger partial charge in [0.15, 0.2) is 17.3 Å². The van der Waals surface area contributed by atoms with Crippen LogP contribution in [-0.2, 0) is 4.79 Å². The summed E-state index contributed by atoms with van der Waals surface area (Å²) in [5, 5.41) is 0.0868. The number of amides is 1.